The Morgan fingerprint density at radius 1 is 1.20 bits per heavy atom. The zero-order valence-corrected chi connectivity index (χ0v) is 15.7. The predicted molar refractivity (Wildman–Crippen MR) is 103 cm³/mol. The fourth-order valence-corrected chi connectivity index (χ4v) is 3.19. The molecular weight excluding hydrogens is 404 g/mol. The molecule has 1 aliphatic heterocycles. The molecule has 1 aliphatic rings. The van der Waals surface area contributed by atoms with Gasteiger partial charge in [-0.2, -0.15) is 0 Å². The van der Waals surface area contributed by atoms with Crippen LogP contribution in [0.3, 0.4) is 0 Å². The van der Waals surface area contributed by atoms with Crippen LogP contribution in [0.5, 0.6) is 11.5 Å². The Hall–Kier alpha value is -2.25. The molecule has 1 heterocycles. The van der Waals surface area contributed by atoms with Crippen LogP contribution in [-0.2, 0) is 11.4 Å². The van der Waals surface area contributed by atoms with Crippen molar-refractivity contribution in [2.45, 2.75) is 6.61 Å². The van der Waals surface area contributed by atoms with E-state index in [-0.39, 0.29) is 11.1 Å². The van der Waals surface area contributed by atoms with Crippen LogP contribution < -0.4 is 14.8 Å². The van der Waals surface area contributed by atoms with Gasteiger partial charge in [0.25, 0.3) is 5.91 Å². The number of rotatable bonds is 5. The summed E-state index contributed by atoms with van der Waals surface area (Å²) < 4.78 is 12.3. The number of amides is 1. The van der Waals surface area contributed by atoms with E-state index in [2.05, 4.69) is 21.2 Å². The summed E-state index contributed by atoms with van der Waals surface area (Å²) in [6.07, 6.45) is 1.72. The lowest BCUT2D eigenvalue weighted by Crippen LogP contribution is -2.18. The maximum absolute atomic E-state index is 11.7. The highest BCUT2D eigenvalue weighted by molar-refractivity contribution is 9.10. The zero-order chi connectivity index (χ0) is 17.8. The summed E-state index contributed by atoms with van der Waals surface area (Å²) >= 11 is 4.51. The summed E-state index contributed by atoms with van der Waals surface area (Å²) in [4.78, 5) is 12.2. The van der Waals surface area contributed by atoms with E-state index in [9.17, 15) is 4.79 Å². The number of methoxy groups -OCH3 is 1. The first-order valence-corrected chi connectivity index (χ1v) is 9.01. The summed E-state index contributed by atoms with van der Waals surface area (Å²) in [6, 6.07) is 13.4. The van der Waals surface area contributed by atoms with Crippen molar-refractivity contribution in [1.29, 1.82) is 5.41 Å². The van der Waals surface area contributed by atoms with Gasteiger partial charge in [-0.1, -0.05) is 34.1 Å². The molecule has 1 amide bonds. The molecule has 3 rings (SSSR count). The number of thioether (sulfide) groups is 1. The van der Waals surface area contributed by atoms with Crippen LogP contribution in [0.25, 0.3) is 6.08 Å². The molecule has 7 heteroatoms. The van der Waals surface area contributed by atoms with Crippen LogP contribution in [0, 0.1) is 5.41 Å². The van der Waals surface area contributed by atoms with Crippen LogP contribution in [0.4, 0.5) is 0 Å². The van der Waals surface area contributed by atoms with E-state index in [0.717, 1.165) is 27.4 Å². The number of nitrogens with one attached hydrogen (secondary N) is 2. The van der Waals surface area contributed by atoms with Crippen molar-refractivity contribution in [3.05, 3.63) is 63.0 Å². The molecule has 0 aliphatic carbocycles. The zero-order valence-electron chi connectivity index (χ0n) is 13.3. The first-order valence-electron chi connectivity index (χ1n) is 7.40. The monoisotopic (exact) mass is 418 g/mol. The van der Waals surface area contributed by atoms with Crippen molar-refractivity contribution in [2.75, 3.05) is 7.11 Å². The van der Waals surface area contributed by atoms with Gasteiger partial charge in [0.2, 0.25) is 0 Å². The van der Waals surface area contributed by atoms with E-state index in [0.29, 0.717) is 23.0 Å². The average molecular weight is 419 g/mol. The Morgan fingerprint density at radius 3 is 2.60 bits per heavy atom. The third-order valence-corrected chi connectivity index (χ3v) is 4.81. The van der Waals surface area contributed by atoms with E-state index in [1.807, 2.05) is 36.4 Å². The molecule has 5 nitrogen and oxygen atoms in total. The van der Waals surface area contributed by atoms with Gasteiger partial charge in [0.15, 0.2) is 16.7 Å². The lowest BCUT2D eigenvalue weighted by Gasteiger charge is -2.11. The molecule has 25 heavy (non-hydrogen) atoms. The maximum Gasteiger partial charge on any atom is 0.264 e. The lowest BCUT2D eigenvalue weighted by molar-refractivity contribution is -0.115. The molecule has 0 atom stereocenters. The summed E-state index contributed by atoms with van der Waals surface area (Å²) in [5, 5.41) is 10.1. The van der Waals surface area contributed by atoms with Gasteiger partial charge >= 0.3 is 0 Å². The van der Waals surface area contributed by atoms with E-state index in [4.69, 9.17) is 14.9 Å². The van der Waals surface area contributed by atoms with Crippen LogP contribution in [0.1, 0.15) is 11.1 Å². The van der Waals surface area contributed by atoms with Crippen molar-refractivity contribution in [2.24, 2.45) is 0 Å². The molecule has 128 valence electrons. The van der Waals surface area contributed by atoms with E-state index < -0.39 is 0 Å². The minimum absolute atomic E-state index is 0.137. The van der Waals surface area contributed by atoms with Crippen LogP contribution in [0.15, 0.2) is 51.8 Å². The second-order valence-corrected chi connectivity index (χ2v) is 7.19. The minimum Gasteiger partial charge on any atom is -0.493 e. The normalized spacial score (nSPS) is 15.4. The fraction of sp³-hybridized carbons (Fsp3) is 0.111. The first kappa shape index (κ1) is 17.6. The molecule has 2 N–H and O–H groups in total. The van der Waals surface area contributed by atoms with Crippen LogP contribution in [0.2, 0.25) is 0 Å². The Balaban J connectivity index is 1.75. The van der Waals surface area contributed by atoms with Gasteiger partial charge in [-0.25, -0.2) is 0 Å². The van der Waals surface area contributed by atoms with Crippen molar-refractivity contribution >= 4 is 44.8 Å². The molecule has 0 radical (unpaired) electrons. The number of carbonyl (C=O) groups is 1. The summed E-state index contributed by atoms with van der Waals surface area (Å²) in [6.45, 7) is 0.430. The molecule has 0 spiro atoms. The van der Waals surface area contributed by atoms with Gasteiger partial charge in [-0.15, -0.1) is 0 Å². The Morgan fingerprint density at radius 2 is 1.96 bits per heavy atom. The van der Waals surface area contributed by atoms with E-state index in [1.165, 1.54) is 0 Å². The van der Waals surface area contributed by atoms with Gasteiger partial charge in [-0.3, -0.25) is 10.2 Å². The number of amidine groups is 1. The third kappa shape index (κ3) is 4.43. The van der Waals surface area contributed by atoms with E-state index in [1.54, 1.807) is 19.3 Å². The number of halogens is 1. The highest BCUT2D eigenvalue weighted by atomic mass is 79.9. The number of ether oxygens (including phenoxy) is 2. The average Bonchev–Trinajstić information content (AvgIpc) is 2.92. The third-order valence-electron chi connectivity index (χ3n) is 3.46. The molecule has 2 aromatic rings. The molecular formula is C18H15BrN2O3S. The van der Waals surface area contributed by atoms with Crippen LogP contribution >= 0.6 is 27.7 Å². The van der Waals surface area contributed by atoms with Gasteiger partial charge in [0.1, 0.15) is 6.61 Å². The number of hydrogen-bond acceptors (Lipinski definition) is 5. The lowest BCUT2D eigenvalue weighted by atomic mass is 10.2. The smallest absolute Gasteiger partial charge is 0.264 e. The molecule has 2 aromatic carbocycles. The second kappa shape index (κ2) is 7.76. The topological polar surface area (TPSA) is 71.4 Å². The molecule has 0 aromatic heterocycles. The molecule has 1 fully saturated rings. The van der Waals surface area contributed by atoms with Gasteiger partial charge in [0.05, 0.1) is 12.0 Å². The minimum atomic E-state index is -0.260. The summed E-state index contributed by atoms with van der Waals surface area (Å²) in [5.41, 5.74) is 1.86. The first-order chi connectivity index (χ1) is 12.0. The van der Waals surface area contributed by atoms with Crippen LogP contribution in [-0.4, -0.2) is 18.2 Å². The molecule has 0 bridgehead atoms. The van der Waals surface area contributed by atoms with Crippen molar-refractivity contribution < 1.29 is 14.3 Å². The fourth-order valence-electron chi connectivity index (χ4n) is 2.23. The van der Waals surface area contributed by atoms with Crippen molar-refractivity contribution in [3.63, 3.8) is 0 Å². The Bertz CT molecular complexity index is 850. The summed E-state index contributed by atoms with van der Waals surface area (Å²) in [5.74, 6) is 0.957. The standard InChI is InChI=1S/C18H15BrN2O3S/c1-23-15-8-12(9-16-17(22)21-18(20)25-16)4-7-14(15)24-10-11-2-5-13(19)6-3-11/h2-9H,10H2,1H3,(H2,20,21,22). The van der Waals surface area contributed by atoms with Gasteiger partial charge in [-0.05, 0) is 53.2 Å². The largest absolute Gasteiger partial charge is 0.493 e. The van der Waals surface area contributed by atoms with Crippen molar-refractivity contribution in [3.8, 4) is 11.5 Å². The predicted octanol–water partition coefficient (Wildman–Crippen LogP) is 4.18. The van der Waals surface area contributed by atoms with E-state index >= 15 is 0 Å². The SMILES string of the molecule is COc1cc(C=C2SC(=N)NC2=O)ccc1OCc1ccc(Br)cc1. The van der Waals surface area contributed by atoms with Gasteiger partial charge < -0.3 is 14.8 Å². The quantitative estimate of drug-likeness (QED) is 0.714. The Kier molecular flexibility index (Phi) is 5.45. The van der Waals surface area contributed by atoms with Gasteiger partial charge in [0, 0.05) is 4.47 Å². The number of carbonyl (C=O) groups excluding carboxylic acids is 1. The molecule has 1 saturated heterocycles. The maximum atomic E-state index is 11.7. The highest BCUT2D eigenvalue weighted by Gasteiger charge is 2.22. The summed E-state index contributed by atoms with van der Waals surface area (Å²) in [7, 11) is 1.57. The highest BCUT2D eigenvalue weighted by Crippen LogP contribution is 2.31. The van der Waals surface area contributed by atoms with Crippen molar-refractivity contribution in [1.82, 2.24) is 5.32 Å². The second-order valence-electron chi connectivity index (χ2n) is 5.22. The number of hydrogen-bond donors (Lipinski definition) is 2. The molecule has 0 saturated carbocycles. The Labute approximate surface area is 158 Å². The molecule has 0 unspecified atom stereocenters. The number of benzene rings is 2.